The Morgan fingerprint density at radius 1 is 1.46 bits per heavy atom. The van der Waals surface area contributed by atoms with Crippen LogP contribution < -0.4 is 0 Å². The van der Waals surface area contributed by atoms with Crippen LogP contribution in [0.5, 0.6) is 0 Å². The van der Waals surface area contributed by atoms with Crippen molar-refractivity contribution in [3.63, 3.8) is 0 Å². The smallest absolute Gasteiger partial charge is 0.0692 e. The van der Waals surface area contributed by atoms with E-state index in [-0.39, 0.29) is 6.61 Å². The van der Waals surface area contributed by atoms with Crippen molar-refractivity contribution in [3.05, 3.63) is 28.8 Å². The minimum atomic E-state index is 0.0865. The molecule has 0 aromatic heterocycles. The molecule has 0 aliphatic heterocycles. The maximum Gasteiger partial charge on any atom is 0.0692 e. The van der Waals surface area contributed by atoms with Gasteiger partial charge in [0.2, 0.25) is 0 Å². The van der Waals surface area contributed by atoms with E-state index in [1.807, 2.05) is 18.2 Å². The molecule has 0 aliphatic rings. The number of halogens is 1. The molecule has 0 bridgehead atoms. The van der Waals surface area contributed by atoms with Gasteiger partial charge in [0.15, 0.2) is 0 Å². The molecule has 0 heterocycles. The highest BCUT2D eigenvalue weighted by Crippen LogP contribution is 2.26. The molecule has 3 heteroatoms. The number of aliphatic hydroxyl groups is 1. The van der Waals surface area contributed by atoms with E-state index < -0.39 is 0 Å². The van der Waals surface area contributed by atoms with Crippen LogP contribution in [-0.2, 0) is 6.61 Å². The van der Waals surface area contributed by atoms with Crippen LogP contribution in [0.4, 0.5) is 0 Å². The standard InChI is InChI=1S/C10H13ClOS/c1-2-5-13-10-6-9(11)4-3-8(10)7-12/h3-4,6,12H,2,5,7H2,1H3. The number of thioether (sulfide) groups is 1. The average Bonchev–Trinajstić information content (AvgIpc) is 2.15. The summed E-state index contributed by atoms with van der Waals surface area (Å²) in [6.45, 7) is 2.22. The van der Waals surface area contributed by atoms with Crippen LogP contribution in [0.15, 0.2) is 23.1 Å². The largest absolute Gasteiger partial charge is 0.392 e. The lowest BCUT2D eigenvalue weighted by Gasteiger charge is -2.06. The van der Waals surface area contributed by atoms with Crippen LogP contribution >= 0.6 is 23.4 Å². The highest BCUT2D eigenvalue weighted by Gasteiger charge is 2.02. The molecule has 13 heavy (non-hydrogen) atoms. The van der Waals surface area contributed by atoms with Crippen LogP contribution in [0, 0.1) is 0 Å². The van der Waals surface area contributed by atoms with Crippen molar-refractivity contribution in [1.82, 2.24) is 0 Å². The van der Waals surface area contributed by atoms with Crippen LogP contribution in [0.3, 0.4) is 0 Å². The lowest BCUT2D eigenvalue weighted by molar-refractivity contribution is 0.279. The summed E-state index contributed by atoms with van der Waals surface area (Å²) in [5, 5.41) is 9.78. The second kappa shape index (κ2) is 5.53. The van der Waals surface area contributed by atoms with Crippen LogP contribution in [0.1, 0.15) is 18.9 Å². The lowest BCUT2D eigenvalue weighted by Crippen LogP contribution is -1.88. The molecule has 1 rings (SSSR count). The maximum atomic E-state index is 9.05. The van der Waals surface area contributed by atoms with Gasteiger partial charge in [0, 0.05) is 9.92 Å². The SMILES string of the molecule is CCCSc1cc(Cl)ccc1CO. The summed E-state index contributed by atoms with van der Waals surface area (Å²) in [6.07, 6.45) is 1.13. The van der Waals surface area contributed by atoms with Gasteiger partial charge in [0.25, 0.3) is 0 Å². The van der Waals surface area contributed by atoms with E-state index in [4.69, 9.17) is 16.7 Å². The number of aliphatic hydroxyl groups excluding tert-OH is 1. The quantitative estimate of drug-likeness (QED) is 0.780. The Kier molecular flexibility index (Phi) is 4.64. The van der Waals surface area contributed by atoms with Crippen molar-refractivity contribution in [3.8, 4) is 0 Å². The van der Waals surface area contributed by atoms with Gasteiger partial charge >= 0.3 is 0 Å². The summed E-state index contributed by atoms with van der Waals surface area (Å²) in [6, 6.07) is 5.59. The molecular formula is C10H13ClOS. The lowest BCUT2D eigenvalue weighted by atomic mass is 10.2. The third-order valence-electron chi connectivity index (χ3n) is 1.66. The molecule has 0 atom stereocenters. The Balaban J connectivity index is 2.81. The first-order valence-electron chi connectivity index (χ1n) is 4.30. The topological polar surface area (TPSA) is 20.2 Å². The first-order chi connectivity index (χ1) is 6.27. The average molecular weight is 217 g/mol. The van der Waals surface area contributed by atoms with E-state index in [0.717, 1.165) is 27.7 Å². The van der Waals surface area contributed by atoms with Crippen molar-refractivity contribution < 1.29 is 5.11 Å². The molecule has 1 aromatic carbocycles. The summed E-state index contributed by atoms with van der Waals surface area (Å²) < 4.78 is 0. The van der Waals surface area contributed by atoms with E-state index >= 15 is 0 Å². The third kappa shape index (κ3) is 3.22. The van der Waals surface area contributed by atoms with Gasteiger partial charge in [-0.2, -0.15) is 0 Å². The van der Waals surface area contributed by atoms with E-state index in [0.29, 0.717) is 0 Å². The summed E-state index contributed by atoms with van der Waals surface area (Å²) in [5.74, 6) is 1.06. The molecule has 0 aliphatic carbocycles. The molecule has 0 saturated carbocycles. The molecular weight excluding hydrogens is 204 g/mol. The van der Waals surface area contributed by atoms with E-state index in [1.54, 1.807) is 11.8 Å². The summed E-state index contributed by atoms with van der Waals surface area (Å²) in [5.41, 5.74) is 0.961. The van der Waals surface area contributed by atoms with Gasteiger partial charge in [0.05, 0.1) is 6.61 Å². The zero-order valence-corrected chi connectivity index (χ0v) is 9.16. The number of hydrogen-bond donors (Lipinski definition) is 1. The summed E-state index contributed by atoms with van der Waals surface area (Å²) in [7, 11) is 0. The third-order valence-corrected chi connectivity index (χ3v) is 3.20. The minimum Gasteiger partial charge on any atom is -0.392 e. The first kappa shape index (κ1) is 10.9. The Morgan fingerprint density at radius 3 is 2.85 bits per heavy atom. The molecule has 72 valence electrons. The van der Waals surface area contributed by atoms with Crippen molar-refractivity contribution in [2.45, 2.75) is 24.8 Å². The Morgan fingerprint density at radius 2 is 2.23 bits per heavy atom. The molecule has 1 nitrogen and oxygen atoms in total. The van der Waals surface area contributed by atoms with Gasteiger partial charge in [-0.3, -0.25) is 0 Å². The highest BCUT2D eigenvalue weighted by molar-refractivity contribution is 7.99. The monoisotopic (exact) mass is 216 g/mol. The maximum absolute atomic E-state index is 9.05. The van der Waals surface area contributed by atoms with Gasteiger partial charge in [-0.15, -0.1) is 11.8 Å². The predicted octanol–water partition coefficient (Wildman–Crippen LogP) is 3.33. The fourth-order valence-electron chi connectivity index (χ4n) is 1.01. The zero-order valence-electron chi connectivity index (χ0n) is 7.59. The van der Waals surface area contributed by atoms with Crippen molar-refractivity contribution in [2.75, 3.05) is 5.75 Å². The van der Waals surface area contributed by atoms with E-state index in [9.17, 15) is 0 Å². The van der Waals surface area contributed by atoms with Crippen molar-refractivity contribution in [2.24, 2.45) is 0 Å². The Hall–Kier alpha value is -0.180. The molecule has 0 radical (unpaired) electrons. The fourth-order valence-corrected chi connectivity index (χ4v) is 2.19. The predicted molar refractivity (Wildman–Crippen MR) is 58.4 cm³/mol. The number of hydrogen-bond acceptors (Lipinski definition) is 2. The normalized spacial score (nSPS) is 10.4. The molecule has 1 aromatic rings. The molecule has 0 saturated heterocycles. The number of rotatable bonds is 4. The molecule has 0 spiro atoms. The Labute approximate surface area is 88.1 Å². The van der Waals surface area contributed by atoms with Gasteiger partial charge in [-0.05, 0) is 29.9 Å². The van der Waals surface area contributed by atoms with Gasteiger partial charge < -0.3 is 5.11 Å². The fraction of sp³-hybridized carbons (Fsp3) is 0.400. The summed E-state index contributed by atoms with van der Waals surface area (Å²) in [4.78, 5) is 1.09. The minimum absolute atomic E-state index is 0.0865. The van der Waals surface area contributed by atoms with E-state index in [2.05, 4.69) is 6.92 Å². The Bertz CT molecular complexity index is 276. The molecule has 0 fully saturated rings. The van der Waals surface area contributed by atoms with Crippen LogP contribution in [-0.4, -0.2) is 10.9 Å². The van der Waals surface area contributed by atoms with Crippen LogP contribution in [0.2, 0.25) is 5.02 Å². The first-order valence-corrected chi connectivity index (χ1v) is 5.66. The zero-order chi connectivity index (χ0) is 9.68. The molecule has 0 amide bonds. The molecule has 0 unspecified atom stereocenters. The van der Waals surface area contributed by atoms with Crippen LogP contribution in [0.25, 0.3) is 0 Å². The van der Waals surface area contributed by atoms with Gasteiger partial charge in [-0.25, -0.2) is 0 Å². The number of benzene rings is 1. The second-order valence-corrected chi connectivity index (χ2v) is 4.33. The summed E-state index contributed by atoms with van der Waals surface area (Å²) >= 11 is 7.60. The second-order valence-electron chi connectivity index (χ2n) is 2.76. The van der Waals surface area contributed by atoms with E-state index in [1.165, 1.54) is 0 Å². The van der Waals surface area contributed by atoms with Gasteiger partial charge in [-0.1, -0.05) is 24.6 Å². The van der Waals surface area contributed by atoms with Gasteiger partial charge in [0.1, 0.15) is 0 Å². The van der Waals surface area contributed by atoms with Crippen molar-refractivity contribution >= 4 is 23.4 Å². The van der Waals surface area contributed by atoms with Crippen molar-refractivity contribution in [1.29, 1.82) is 0 Å². The highest BCUT2D eigenvalue weighted by atomic mass is 35.5. The molecule has 1 N–H and O–H groups in total.